The van der Waals surface area contributed by atoms with Crippen LogP contribution in [0.2, 0.25) is 0 Å². The molecule has 0 aliphatic carbocycles. The van der Waals surface area contributed by atoms with Crippen molar-refractivity contribution in [1.29, 1.82) is 0 Å². The molecular formula is C11H14ClF2NO3. The third kappa shape index (κ3) is 3.30. The molecule has 1 atom stereocenters. The fourth-order valence-electron chi connectivity index (χ4n) is 1.30. The molecule has 1 rings (SSSR count). The highest BCUT2D eigenvalue weighted by atomic mass is 35.5. The SMILES string of the molecule is CCOC(=O)C(F)(F)[C@H](N)c1ccccc1O.Cl. The van der Waals surface area contributed by atoms with E-state index in [-0.39, 0.29) is 30.3 Å². The van der Waals surface area contributed by atoms with E-state index in [0.29, 0.717) is 0 Å². The molecule has 0 aromatic heterocycles. The fraction of sp³-hybridized carbons (Fsp3) is 0.364. The number of rotatable bonds is 4. The Labute approximate surface area is 109 Å². The van der Waals surface area contributed by atoms with Gasteiger partial charge in [0.15, 0.2) is 0 Å². The summed E-state index contributed by atoms with van der Waals surface area (Å²) in [6.07, 6.45) is 0. The standard InChI is InChI=1S/C11H13F2NO3.ClH/c1-2-17-10(16)11(12,13)9(14)7-5-3-4-6-8(7)15;/h3-6,9,15H,2,14H2,1H3;1H/t9-;/m1./s1. The van der Waals surface area contributed by atoms with Gasteiger partial charge < -0.3 is 15.6 Å². The Bertz CT molecular complexity index is 415. The summed E-state index contributed by atoms with van der Waals surface area (Å²) in [6, 6.07) is 3.41. The number of aromatic hydroxyl groups is 1. The average Bonchev–Trinajstić information content (AvgIpc) is 2.29. The molecule has 18 heavy (non-hydrogen) atoms. The first-order valence-corrected chi connectivity index (χ1v) is 4.99. The third-order valence-corrected chi connectivity index (χ3v) is 2.21. The Balaban J connectivity index is 0.00000289. The number of carbonyl (C=O) groups is 1. The van der Waals surface area contributed by atoms with Gasteiger partial charge in [-0.15, -0.1) is 12.4 Å². The van der Waals surface area contributed by atoms with E-state index in [9.17, 15) is 18.7 Å². The lowest BCUT2D eigenvalue weighted by Gasteiger charge is -2.22. The summed E-state index contributed by atoms with van der Waals surface area (Å²) in [7, 11) is 0. The number of benzene rings is 1. The van der Waals surface area contributed by atoms with Crippen molar-refractivity contribution >= 4 is 18.4 Å². The lowest BCUT2D eigenvalue weighted by Crippen LogP contribution is -2.41. The van der Waals surface area contributed by atoms with Gasteiger partial charge >= 0.3 is 11.9 Å². The van der Waals surface area contributed by atoms with Crippen molar-refractivity contribution in [1.82, 2.24) is 0 Å². The van der Waals surface area contributed by atoms with Gasteiger partial charge in [0.05, 0.1) is 6.61 Å². The molecule has 0 unspecified atom stereocenters. The summed E-state index contributed by atoms with van der Waals surface area (Å²) in [5.41, 5.74) is 5.09. The smallest absolute Gasteiger partial charge is 0.379 e. The van der Waals surface area contributed by atoms with Gasteiger partial charge in [-0.05, 0) is 13.0 Å². The van der Waals surface area contributed by atoms with E-state index in [1.165, 1.54) is 31.2 Å². The number of para-hydroxylation sites is 1. The van der Waals surface area contributed by atoms with Crippen LogP contribution in [-0.2, 0) is 9.53 Å². The fourth-order valence-corrected chi connectivity index (χ4v) is 1.30. The molecule has 0 saturated carbocycles. The van der Waals surface area contributed by atoms with Crippen molar-refractivity contribution in [3.8, 4) is 5.75 Å². The van der Waals surface area contributed by atoms with E-state index in [2.05, 4.69) is 4.74 Å². The monoisotopic (exact) mass is 281 g/mol. The van der Waals surface area contributed by atoms with Gasteiger partial charge in [0.1, 0.15) is 11.8 Å². The first kappa shape index (κ1) is 16.6. The zero-order chi connectivity index (χ0) is 13.1. The average molecular weight is 282 g/mol. The molecule has 0 amide bonds. The Morgan fingerprint density at radius 2 is 2.06 bits per heavy atom. The molecule has 0 aliphatic heterocycles. The Morgan fingerprint density at radius 1 is 1.50 bits per heavy atom. The van der Waals surface area contributed by atoms with Crippen molar-refractivity contribution in [2.24, 2.45) is 5.73 Å². The molecule has 1 aromatic carbocycles. The van der Waals surface area contributed by atoms with Gasteiger partial charge in [0.25, 0.3) is 0 Å². The van der Waals surface area contributed by atoms with Crippen LogP contribution in [0.25, 0.3) is 0 Å². The molecule has 0 fully saturated rings. The van der Waals surface area contributed by atoms with Crippen LogP contribution in [0.1, 0.15) is 18.5 Å². The zero-order valence-corrected chi connectivity index (χ0v) is 10.4. The molecule has 7 heteroatoms. The number of phenols is 1. The second-order valence-electron chi connectivity index (χ2n) is 3.38. The number of alkyl halides is 2. The van der Waals surface area contributed by atoms with Gasteiger partial charge in [0.2, 0.25) is 0 Å². The Morgan fingerprint density at radius 3 is 2.56 bits per heavy atom. The van der Waals surface area contributed by atoms with Gasteiger partial charge in [-0.25, -0.2) is 4.79 Å². The van der Waals surface area contributed by atoms with Crippen LogP contribution in [-0.4, -0.2) is 23.6 Å². The van der Waals surface area contributed by atoms with E-state index >= 15 is 0 Å². The Hall–Kier alpha value is -1.40. The maximum atomic E-state index is 13.6. The summed E-state index contributed by atoms with van der Waals surface area (Å²) < 4.78 is 31.3. The Kier molecular flexibility index (Phi) is 6.00. The first-order valence-electron chi connectivity index (χ1n) is 4.99. The molecule has 4 nitrogen and oxygen atoms in total. The van der Waals surface area contributed by atoms with Crippen molar-refractivity contribution in [3.05, 3.63) is 29.8 Å². The van der Waals surface area contributed by atoms with Crippen LogP contribution >= 0.6 is 12.4 Å². The lowest BCUT2D eigenvalue weighted by atomic mass is 10.0. The van der Waals surface area contributed by atoms with Crippen LogP contribution in [0.4, 0.5) is 8.78 Å². The summed E-state index contributed by atoms with van der Waals surface area (Å²) >= 11 is 0. The van der Waals surface area contributed by atoms with E-state index in [1.807, 2.05) is 0 Å². The summed E-state index contributed by atoms with van der Waals surface area (Å²) in [6.45, 7) is 1.25. The highest BCUT2D eigenvalue weighted by molar-refractivity contribution is 5.85. The number of esters is 1. The minimum atomic E-state index is -3.88. The highest BCUT2D eigenvalue weighted by Crippen LogP contribution is 2.34. The maximum Gasteiger partial charge on any atom is 0.379 e. The molecule has 1 aromatic rings. The summed E-state index contributed by atoms with van der Waals surface area (Å²) in [5, 5.41) is 9.39. The number of hydrogen-bond donors (Lipinski definition) is 2. The number of carbonyl (C=O) groups excluding carboxylic acids is 1. The van der Waals surface area contributed by atoms with Crippen LogP contribution in [0, 0.1) is 0 Å². The minimum Gasteiger partial charge on any atom is -0.508 e. The predicted molar refractivity (Wildman–Crippen MR) is 63.9 cm³/mol. The van der Waals surface area contributed by atoms with Crippen LogP contribution in [0.5, 0.6) is 5.75 Å². The molecule has 0 heterocycles. The minimum absolute atomic E-state index is 0. The van der Waals surface area contributed by atoms with E-state index < -0.39 is 17.9 Å². The highest BCUT2D eigenvalue weighted by Gasteiger charge is 2.48. The van der Waals surface area contributed by atoms with E-state index in [4.69, 9.17) is 5.73 Å². The second-order valence-corrected chi connectivity index (χ2v) is 3.38. The van der Waals surface area contributed by atoms with Crippen molar-refractivity contribution in [2.75, 3.05) is 6.61 Å². The molecular weight excluding hydrogens is 268 g/mol. The van der Waals surface area contributed by atoms with Crippen LogP contribution in [0.3, 0.4) is 0 Å². The number of ether oxygens (including phenoxy) is 1. The lowest BCUT2D eigenvalue weighted by molar-refractivity contribution is -0.174. The first-order chi connectivity index (χ1) is 7.91. The quantitative estimate of drug-likeness (QED) is 0.828. The predicted octanol–water partition coefficient (Wildman–Crippen LogP) is 2.01. The van der Waals surface area contributed by atoms with E-state index in [0.717, 1.165) is 0 Å². The molecule has 0 saturated heterocycles. The van der Waals surface area contributed by atoms with Gasteiger partial charge in [0, 0.05) is 5.56 Å². The molecule has 0 spiro atoms. The van der Waals surface area contributed by atoms with E-state index in [1.54, 1.807) is 0 Å². The van der Waals surface area contributed by atoms with Crippen molar-refractivity contribution in [2.45, 2.75) is 18.9 Å². The number of halogens is 3. The number of hydrogen-bond acceptors (Lipinski definition) is 4. The number of phenolic OH excluding ortho intramolecular Hbond substituents is 1. The third-order valence-electron chi connectivity index (χ3n) is 2.21. The maximum absolute atomic E-state index is 13.6. The van der Waals surface area contributed by atoms with Gasteiger partial charge in [-0.3, -0.25) is 0 Å². The summed E-state index contributed by atoms with van der Waals surface area (Å²) in [4.78, 5) is 11.1. The van der Waals surface area contributed by atoms with Gasteiger partial charge in [-0.1, -0.05) is 18.2 Å². The molecule has 0 bridgehead atoms. The topological polar surface area (TPSA) is 72.5 Å². The van der Waals surface area contributed by atoms with Crippen molar-refractivity contribution < 1.29 is 23.4 Å². The van der Waals surface area contributed by atoms with Crippen LogP contribution in [0.15, 0.2) is 24.3 Å². The van der Waals surface area contributed by atoms with Crippen molar-refractivity contribution in [3.63, 3.8) is 0 Å². The zero-order valence-electron chi connectivity index (χ0n) is 9.60. The van der Waals surface area contributed by atoms with Gasteiger partial charge in [-0.2, -0.15) is 8.78 Å². The second kappa shape index (κ2) is 6.51. The normalized spacial score (nSPS) is 12.4. The largest absolute Gasteiger partial charge is 0.508 e. The van der Waals surface area contributed by atoms with Crippen LogP contribution < -0.4 is 5.73 Å². The number of nitrogens with two attached hydrogens (primary N) is 1. The molecule has 102 valence electrons. The molecule has 0 aliphatic rings. The molecule has 3 N–H and O–H groups in total. The molecule has 0 radical (unpaired) electrons. The summed E-state index contributed by atoms with van der Waals surface area (Å²) in [5.74, 6) is -5.96.